The predicted octanol–water partition coefficient (Wildman–Crippen LogP) is 5.72. The zero-order valence-corrected chi connectivity index (χ0v) is 16.4. The highest BCUT2D eigenvalue weighted by Crippen LogP contribution is 2.50. The van der Waals surface area contributed by atoms with Crippen molar-refractivity contribution in [3.05, 3.63) is 66.9 Å². The average Bonchev–Trinajstić information content (AvgIpc) is 3.41. The molecule has 1 unspecified atom stereocenters. The Morgan fingerprint density at radius 2 is 1.71 bits per heavy atom. The van der Waals surface area contributed by atoms with Gasteiger partial charge in [0, 0.05) is 17.5 Å². The lowest BCUT2D eigenvalue weighted by atomic mass is 9.69. The fourth-order valence-electron chi connectivity index (χ4n) is 5.42. The van der Waals surface area contributed by atoms with Gasteiger partial charge in [0.25, 0.3) is 0 Å². The summed E-state index contributed by atoms with van der Waals surface area (Å²) in [4.78, 5) is 4.74. The number of furan rings is 1. The topological polar surface area (TPSA) is 38.1 Å². The van der Waals surface area contributed by atoms with Crippen LogP contribution in [0.2, 0.25) is 0 Å². The molecular formula is C25H28N2O. The molecule has 1 aromatic carbocycles. The molecule has 1 aliphatic heterocycles. The van der Waals surface area contributed by atoms with E-state index in [0.717, 1.165) is 17.9 Å². The van der Waals surface area contributed by atoms with Gasteiger partial charge in [-0.05, 0) is 91.4 Å². The Hall–Kier alpha value is -2.39. The monoisotopic (exact) mass is 372 g/mol. The second-order valence-corrected chi connectivity index (χ2v) is 8.53. The van der Waals surface area contributed by atoms with Gasteiger partial charge in [0.2, 0.25) is 0 Å². The predicted molar refractivity (Wildman–Crippen MR) is 113 cm³/mol. The molecule has 0 amide bonds. The molecule has 3 nitrogen and oxygen atoms in total. The summed E-state index contributed by atoms with van der Waals surface area (Å²) in [7, 11) is 0. The lowest BCUT2D eigenvalue weighted by Crippen LogP contribution is -2.39. The fraction of sp³-hybridized carbons (Fsp3) is 0.400. The zero-order chi connectivity index (χ0) is 18.8. The molecule has 3 aromatic rings. The molecule has 0 radical (unpaired) electrons. The third-order valence-electron chi connectivity index (χ3n) is 7.04. The van der Waals surface area contributed by atoms with Gasteiger partial charge in [0.15, 0.2) is 0 Å². The second-order valence-electron chi connectivity index (χ2n) is 8.53. The largest absolute Gasteiger partial charge is 0.472 e. The van der Waals surface area contributed by atoms with Crippen molar-refractivity contribution in [3.8, 4) is 22.3 Å². The van der Waals surface area contributed by atoms with Crippen LogP contribution in [0.5, 0.6) is 0 Å². The van der Waals surface area contributed by atoms with Crippen molar-refractivity contribution in [1.82, 2.24) is 10.3 Å². The highest BCUT2D eigenvalue weighted by molar-refractivity contribution is 5.69. The molecular weight excluding hydrogens is 344 g/mol. The summed E-state index contributed by atoms with van der Waals surface area (Å²) in [6.07, 6.45) is 13.5. The van der Waals surface area contributed by atoms with Crippen molar-refractivity contribution in [3.63, 3.8) is 0 Å². The third-order valence-corrected chi connectivity index (χ3v) is 7.04. The van der Waals surface area contributed by atoms with Crippen LogP contribution in [0.4, 0.5) is 0 Å². The number of aromatic nitrogens is 1. The van der Waals surface area contributed by atoms with Gasteiger partial charge in [-0.25, -0.2) is 0 Å². The van der Waals surface area contributed by atoms with Crippen molar-refractivity contribution >= 4 is 0 Å². The zero-order valence-electron chi connectivity index (χ0n) is 16.4. The van der Waals surface area contributed by atoms with Crippen LogP contribution >= 0.6 is 0 Å². The van der Waals surface area contributed by atoms with E-state index in [1.54, 1.807) is 12.5 Å². The summed E-state index contributed by atoms with van der Waals surface area (Å²) in [6.45, 7) is 2.37. The Bertz CT molecular complexity index is 908. The number of hydrogen-bond acceptors (Lipinski definition) is 3. The van der Waals surface area contributed by atoms with Crippen molar-refractivity contribution in [2.75, 3.05) is 13.1 Å². The fourth-order valence-corrected chi connectivity index (χ4v) is 5.42. The molecule has 1 aliphatic carbocycles. The molecule has 3 heterocycles. The van der Waals surface area contributed by atoms with Crippen molar-refractivity contribution in [2.24, 2.45) is 11.3 Å². The first kappa shape index (κ1) is 17.7. The molecule has 1 saturated carbocycles. The van der Waals surface area contributed by atoms with E-state index in [1.807, 2.05) is 12.3 Å². The Morgan fingerprint density at radius 1 is 0.929 bits per heavy atom. The van der Waals surface area contributed by atoms with Gasteiger partial charge < -0.3 is 9.73 Å². The van der Waals surface area contributed by atoms with Crippen molar-refractivity contribution in [2.45, 2.75) is 38.5 Å². The molecule has 0 bridgehead atoms. The molecule has 2 aliphatic rings. The molecule has 1 atom stereocenters. The summed E-state index contributed by atoms with van der Waals surface area (Å²) in [5.74, 6) is 0.792. The smallest absolute Gasteiger partial charge is 0.0980 e. The first-order valence-electron chi connectivity index (χ1n) is 10.6. The summed E-state index contributed by atoms with van der Waals surface area (Å²) in [6, 6.07) is 15.2. The molecule has 2 fully saturated rings. The lowest BCUT2D eigenvalue weighted by Gasteiger charge is -2.39. The van der Waals surface area contributed by atoms with Crippen LogP contribution in [-0.4, -0.2) is 18.1 Å². The number of hydrogen-bond donors (Lipinski definition) is 1. The SMILES string of the molecule is c1cc(-c2ccc(-c3ccoc3)cc2)cc(CC2CCCC23CCNCC3)n1. The van der Waals surface area contributed by atoms with E-state index in [0.29, 0.717) is 5.41 Å². The minimum atomic E-state index is 0.565. The van der Waals surface area contributed by atoms with Crippen LogP contribution in [-0.2, 0) is 6.42 Å². The van der Waals surface area contributed by atoms with Gasteiger partial charge in [-0.2, -0.15) is 0 Å². The minimum Gasteiger partial charge on any atom is -0.472 e. The molecule has 2 aromatic heterocycles. The van der Waals surface area contributed by atoms with Gasteiger partial charge in [0.05, 0.1) is 12.5 Å². The number of nitrogens with zero attached hydrogens (tertiary/aromatic N) is 1. The maximum atomic E-state index is 5.20. The Labute approximate surface area is 167 Å². The number of rotatable bonds is 4. The minimum absolute atomic E-state index is 0.565. The third kappa shape index (κ3) is 3.40. The number of piperidine rings is 1. The van der Waals surface area contributed by atoms with Gasteiger partial charge >= 0.3 is 0 Å². The first-order chi connectivity index (χ1) is 13.8. The summed E-state index contributed by atoms with van der Waals surface area (Å²) >= 11 is 0. The van der Waals surface area contributed by atoms with Gasteiger partial charge in [-0.15, -0.1) is 0 Å². The quantitative estimate of drug-likeness (QED) is 0.636. The Balaban J connectivity index is 1.35. The standard InChI is InChI=1S/C25H28N2O/c1-2-23(25(9-1)10-13-26-14-11-25)17-24-16-21(7-12-27-24)19-3-5-20(6-4-19)22-8-15-28-18-22/h3-8,12,15-16,18,23,26H,1-2,9-11,13-14,17H2. The van der Waals surface area contributed by atoms with E-state index in [1.165, 1.54) is 67.6 Å². The highest BCUT2D eigenvalue weighted by Gasteiger charge is 2.43. The van der Waals surface area contributed by atoms with E-state index >= 15 is 0 Å². The van der Waals surface area contributed by atoms with Gasteiger partial charge in [0.1, 0.15) is 0 Å². The second kappa shape index (κ2) is 7.56. The van der Waals surface area contributed by atoms with Gasteiger partial charge in [-0.1, -0.05) is 30.7 Å². The van der Waals surface area contributed by atoms with Gasteiger partial charge in [-0.3, -0.25) is 4.98 Å². The first-order valence-corrected chi connectivity index (χ1v) is 10.6. The van der Waals surface area contributed by atoms with Crippen LogP contribution in [0.1, 0.15) is 37.8 Å². The van der Waals surface area contributed by atoms with Crippen LogP contribution in [0.25, 0.3) is 22.3 Å². The molecule has 144 valence electrons. The maximum Gasteiger partial charge on any atom is 0.0980 e. The van der Waals surface area contributed by atoms with E-state index in [9.17, 15) is 0 Å². The molecule has 1 N–H and O–H groups in total. The molecule has 1 spiro atoms. The number of benzene rings is 1. The van der Waals surface area contributed by atoms with Crippen LogP contribution < -0.4 is 5.32 Å². The summed E-state index contributed by atoms with van der Waals surface area (Å²) < 4.78 is 5.20. The van der Waals surface area contributed by atoms with E-state index in [-0.39, 0.29) is 0 Å². The lowest BCUT2D eigenvalue weighted by molar-refractivity contribution is 0.136. The number of pyridine rings is 1. The summed E-state index contributed by atoms with van der Waals surface area (Å²) in [5, 5.41) is 3.54. The molecule has 5 rings (SSSR count). The highest BCUT2D eigenvalue weighted by atomic mass is 16.3. The summed E-state index contributed by atoms with van der Waals surface area (Å²) in [5.41, 5.74) is 6.64. The van der Waals surface area contributed by atoms with E-state index < -0.39 is 0 Å². The normalized spacial score (nSPS) is 21.2. The molecule has 3 heteroatoms. The van der Waals surface area contributed by atoms with Crippen molar-refractivity contribution < 1.29 is 4.42 Å². The molecule has 1 saturated heterocycles. The maximum absolute atomic E-state index is 5.20. The van der Waals surface area contributed by atoms with Crippen LogP contribution in [0.3, 0.4) is 0 Å². The average molecular weight is 373 g/mol. The number of nitrogens with one attached hydrogen (secondary N) is 1. The van der Waals surface area contributed by atoms with Crippen LogP contribution in [0, 0.1) is 11.3 Å². The van der Waals surface area contributed by atoms with Crippen LogP contribution in [0.15, 0.2) is 65.6 Å². The van der Waals surface area contributed by atoms with E-state index in [2.05, 4.69) is 41.7 Å². The Morgan fingerprint density at radius 3 is 2.46 bits per heavy atom. The molecule has 28 heavy (non-hydrogen) atoms. The Kier molecular flexibility index (Phi) is 4.77. The van der Waals surface area contributed by atoms with E-state index in [4.69, 9.17) is 9.40 Å². The van der Waals surface area contributed by atoms with Crippen molar-refractivity contribution in [1.29, 1.82) is 0 Å².